The van der Waals surface area contributed by atoms with Crippen molar-refractivity contribution in [2.75, 3.05) is 11.1 Å². The highest BCUT2D eigenvalue weighted by Gasteiger charge is 2.12. The number of nitrogens with zero attached hydrogens (tertiary/aromatic N) is 3. The topological polar surface area (TPSA) is 69.0 Å². The molecule has 1 amide bonds. The first-order valence-corrected chi connectivity index (χ1v) is 9.64. The van der Waals surface area contributed by atoms with Crippen LogP contribution in [0.3, 0.4) is 0 Å². The lowest BCUT2D eigenvalue weighted by Crippen LogP contribution is -2.14. The summed E-state index contributed by atoms with van der Waals surface area (Å²) >= 11 is 7.35. The number of halogens is 1. The van der Waals surface area contributed by atoms with Gasteiger partial charge in [-0.2, -0.15) is 0 Å². The third-order valence-electron chi connectivity index (χ3n) is 3.81. The van der Waals surface area contributed by atoms with E-state index in [1.807, 2.05) is 61.0 Å². The van der Waals surface area contributed by atoms with E-state index in [1.54, 1.807) is 6.07 Å². The minimum atomic E-state index is -0.0939. The summed E-state index contributed by atoms with van der Waals surface area (Å²) in [5.41, 5.74) is 1.72. The summed E-state index contributed by atoms with van der Waals surface area (Å²) in [5.74, 6) is 1.55. The van der Waals surface area contributed by atoms with Crippen LogP contribution in [0, 0.1) is 6.92 Å². The van der Waals surface area contributed by atoms with Crippen molar-refractivity contribution in [3.63, 3.8) is 0 Å². The Kier molecular flexibility index (Phi) is 6.36. The second-order valence-electron chi connectivity index (χ2n) is 5.86. The zero-order chi connectivity index (χ0) is 19.2. The maximum absolute atomic E-state index is 12.0. The number of thioether (sulfide) groups is 1. The van der Waals surface area contributed by atoms with Crippen molar-refractivity contribution in [1.29, 1.82) is 0 Å². The Hall–Kier alpha value is -2.51. The average Bonchev–Trinajstić information content (AvgIpc) is 3.01. The van der Waals surface area contributed by atoms with Gasteiger partial charge in [-0.15, -0.1) is 10.2 Å². The van der Waals surface area contributed by atoms with E-state index >= 15 is 0 Å². The second-order valence-corrected chi connectivity index (χ2v) is 7.21. The van der Waals surface area contributed by atoms with E-state index in [9.17, 15) is 4.79 Å². The minimum Gasteiger partial charge on any atom is -0.486 e. The Morgan fingerprint density at radius 1 is 1.22 bits per heavy atom. The summed E-state index contributed by atoms with van der Waals surface area (Å²) in [6, 6.07) is 14.8. The van der Waals surface area contributed by atoms with Crippen molar-refractivity contribution in [2.45, 2.75) is 18.7 Å². The standard InChI is InChI=1S/C19H19ClN4O2S/c1-13-10-15(8-9-16(13)20)26-11-17-22-23-19(24(17)2)27-12-18(25)21-14-6-4-3-5-7-14/h3-10H,11-12H2,1-2H3,(H,21,25). The summed E-state index contributed by atoms with van der Waals surface area (Å²) in [7, 11) is 1.85. The smallest absolute Gasteiger partial charge is 0.234 e. The molecule has 6 nitrogen and oxygen atoms in total. The van der Waals surface area contributed by atoms with Crippen LogP contribution in [-0.4, -0.2) is 26.4 Å². The fourth-order valence-electron chi connectivity index (χ4n) is 2.30. The maximum Gasteiger partial charge on any atom is 0.234 e. The molecule has 0 spiro atoms. The van der Waals surface area contributed by atoms with Gasteiger partial charge in [-0.3, -0.25) is 4.79 Å². The van der Waals surface area contributed by atoms with Crippen LogP contribution in [0.4, 0.5) is 5.69 Å². The summed E-state index contributed by atoms with van der Waals surface area (Å²) in [6.07, 6.45) is 0. The van der Waals surface area contributed by atoms with Gasteiger partial charge in [-0.05, 0) is 42.8 Å². The minimum absolute atomic E-state index is 0.0939. The molecule has 140 valence electrons. The van der Waals surface area contributed by atoms with Crippen LogP contribution in [-0.2, 0) is 18.4 Å². The molecule has 0 bridgehead atoms. The first kappa shape index (κ1) is 19.3. The van der Waals surface area contributed by atoms with Crippen LogP contribution in [0.2, 0.25) is 5.02 Å². The molecule has 3 aromatic rings. The summed E-state index contributed by atoms with van der Waals surface area (Å²) in [5, 5.41) is 12.5. The van der Waals surface area contributed by atoms with Crippen molar-refractivity contribution in [1.82, 2.24) is 14.8 Å². The van der Waals surface area contributed by atoms with Crippen LogP contribution >= 0.6 is 23.4 Å². The number of rotatable bonds is 7. The second kappa shape index (κ2) is 8.92. The predicted octanol–water partition coefficient (Wildman–Crippen LogP) is 4.09. The average molecular weight is 403 g/mol. The quantitative estimate of drug-likeness (QED) is 0.603. The lowest BCUT2D eigenvalue weighted by Gasteiger charge is -2.08. The van der Waals surface area contributed by atoms with Gasteiger partial charge in [0.2, 0.25) is 5.91 Å². The van der Waals surface area contributed by atoms with E-state index in [2.05, 4.69) is 15.5 Å². The lowest BCUT2D eigenvalue weighted by atomic mass is 10.2. The van der Waals surface area contributed by atoms with Crippen molar-refractivity contribution in [3.05, 3.63) is 64.9 Å². The number of ether oxygens (including phenoxy) is 1. The molecule has 0 aliphatic heterocycles. The van der Waals surface area contributed by atoms with Gasteiger partial charge < -0.3 is 14.6 Å². The molecule has 8 heteroatoms. The SMILES string of the molecule is Cc1cc(OCc2nnc(SCC(=O)Nc3ccccc3)n2C)ccc1Cl. The number of benzene rings is 2. The number of aromatic nitrogens is 3. The summed E-state index contributed by atoms with van der Waals surface area (Å²) in [4.78, 5) is 12.0. The molecule has 3 rings (SSSR count). The largest absolute Gasteiger partial charge is 0.486 e. The predicted molar refractivity (Wildman–Crippen MR) is 107 cm³/mol. The number of nitrogens with one attached hydrogen (secondary N) is 1. The molecular weight excluding hydrogens is 384 g/mol. The molecule has 0 unspecified atom stereocenters. The molecule has 1 heterocycles. The van der Waals surface area contributed by atoms with Crippen LogP contribution in [0.25, 0.3) is 0 Å². The van der Waals surface area contributed by atoms with E-state index in [0.717, 1.165) is 17.0 Å². The Bertz CT molecular complexity index is 931. The number of hydrogen-bond acceptors (Lipinski definition) is 5. The Morgan fingerprint density at radius 2 is 2.00 bits per heavy atom. The van der Waals surface area contributed by atoms with E-state index in [1.165, 1.54) is 11.8 Å². The van der Waals surface area contributed by atoms with Gasteiger partial charge in [-0.25, -0.2) is 0 Å². The third kappa shape index (κ3) is 5.24. The molecule has 27 heavy (non-hydrogen) atoms. The molecule has 0 saturated carbocycles. The highest BCUT2D eigenvalue weighted by Crippen LogP contribution is 2.22. The van der Waals surface area contributed by atoms with Gasteiger partial charge >= 0.3 is 0 Å². The van der Waals surface area contributed by atoms with Crippen molar-refractivity contribution >= 4 is 35.0 Å². The first-order valence-electron chi connectivity index (χ1n) is 8.28. The molecule has 0 aliphatic carbocycles. The van der Waals surface area contributed by atoms with E-state index in [0.29, 0.717) is 16.0 Å². The number of para-hydroxylation sites is 1. The van der Waals surface area contributed by atoms with Gasteiger partial charge in [0.05, 0.1) is 5.75 Å². The number of aryl methyl sites for hydroxylation is 1. The fourth-order valence-corrected chi connectivity index (χ4v) is 3.15. The van der Waals surface area contributed by atoms with Gasteiger partial charge in [0.15, 0.2) is 11.0 Å². The Morgan fingerprint density at radius 3 is 2.74 bits per heavy atom. The van der Waals surface area contributed by atoms with Gasteiger partial charge in [0.25, 0.3) is 0 Å². The van der Waals surface area contributed by atoms with Gasteiger partial charge in [0.1, 0.15) is 12.4 Å². The van der Waals surface area contributed by atoms with Crippen molar-refractivity contribution < 1.29 is 9.53 Å². The number of anilines is 1. The van der Waals surface area contributed by atoms with Crippen molar-refractivity contribution in [3.8, 4) is 5.75 Å². The monoisotopic (exact) mass is 402 g/mol. The Balaban J connectivity index is 1.53. The number of carbonyl (C=O) groups is 1. The van der Waals surface area contributed by atoms with Gasteiger partial charge in [-0.1, -0.05) is 41.6 Å². The molecule has 0 radical (unpaired) electrons. The number of amides is 1. The number of hydrogen-bond donors (Lipinski definition) is 1. The fraction of sp³-hybridized carbons (Fsp3) is 0.211. The highest BCUT2D eigenvalue weighted by molar-refractivity contribution is 7.99. The third-order valence-corrected chi connectivity index (χ3v) is 5.26. The van der Waals surface area contributed by atoms with Crippen LogP contribution < -0.4 is 10.1 Å². The molecule has 2 aromatic carbocycles. The molecular formula is C19H19ClN4O2S. The maximum atomic E-state index is 12.0. The van der Waals surface area contributed by atoms with E-state index in [-0.39, 0.29) is 18.3 Å². The molecule has 0 saturated heterocycles. The summed E-state index contributed by atoms with van der Waals surface area (Å²) in [6.45, 7) is 2.20. The number of carbonyl (C=O) groups excluding carboxylic acids is 1. The lowest BCUT2D eigenvalue weighted by molar-refractivity contribution is -0.113. The highest BCUT2D eigenvalue weighted by atomic mass is 35.5. The van der Waals surface area contributed by atoms with Gasteiger partial charge in [0, 0.05) is 17.8 Å². The molecule has 0 fully saturated rings. The van der Waals surface area contributed by atoms with Crippen LogP contribution in [0.15, 0.2) is 53.7 Å². The molecule has 0 aliphatic rings. The normalized spacial score (nSPS) is 10.6. The molecule has 0 atom stereocenters. The Labute approximate surface area is 166 Å². The molecule has 1 aromatic heterocycles. The first-order chi connectivity index (χ1) is 13.0. The van der Waals surface area contributed by atoms with Crippen LogP contribution in [0.1, 0.15) is 11.4 Å². The van der Waals surface area contributed by atoms with Crippen molar-refractivity contribution in [2.24, 2.45) is 7.05 Å². The van der Waals surface area contributed by atoms with Crippen LogP contribution in [0.5, 0.6) is 5.75 Å². The van der Waals surface area contributed by atoms with E-state index < -0.39 is 0 Å². The zero-order valence-corrected chi connectivity index (χ0v) is 16.5. The zero-order valence-electron chi connectivity index (χ0n) is 15.0. The molecule has 1 N–H and O–H groups in total. The summed E-state index contributed by atoms with van der Waals surface area (Å²) < 4.78 is 7.58. The van der Waals surface area contributed by atoms with E-state index in [4.69, 9.17) is 16.3 Å².